The molecule has 0 saturated carbocycles. The van der Waals surface area contributed by atoms with E-state index < -0.39 is 0 Å². The van der Waals surface area contributed by atoms with Crippen molar-refractivity contribution in [3.63, 3.8) is 0 Å². The lowest BCUT2D eigenvalue weighted by Crippen LogP contribution is -2.10. The van der Waals surface area contributed by atoms with E-state index in [1.54, 1.807) is 7.11 Å². The van der Waals surface area contributed by atoms with E-state index >= 15 is 0 Å². The lowest BCUT2D eigenvalue weighted by molar-refractivity contribution is 0.393. The minimum absolute atomic E-state index is 0.0186. The minimum atomic E-state index is 0.0186. The summed E-state index contributed by atoms with van der Waals surface area (Å²) in [6, 6.07) is 10.1. The Morgan fingerprint density at radius 3 is 2.58 bits per heavy atom. The first-order chi connectivity index (χ1) is 15.0. The van der Waals surface area contributed by atoms with Gasteiger partial charge in [-0.15, -0.1) is 0 Å². The van der Waals surface area contributed by atoms with Gasteiger partial charge in [-0.2, -0.15) is 0 Å². The van der Waals surface area contributed by atoms with Crippen LogP contribution in [0, 0.1) is 20.8 Å². The van der Waals surface area contributed by atoms with Crippen molar-refractivity contribution in [1.82, 2.24) is 24.7 Å². The number of benzene rings is 1. The van der Waals surface area contributed by atoms with Crippen LogP contribution < -0.4 is 4.74 Å². The van der Waals surface area contributed by atoms with Crippen LogP contribution in [0.5, 0.6) is 5.75 Å². The van der Waals surface area contributed by atoms with Gasteiger partial charge in [0.05, 0.1) is 47.3 Å². The molecular weight excluding hydrogens is 390 g/mol. The maximum absolute atomic E-state index is 5.79. The summed E-state index contributed by atoms with van der Waals surface area (Å²) < 4.78 is 13.4. The Morgan fingerprint density at radius 2 is 1.90 bits per heavy atom. The van der Waals surface area contributed by atoms with E-state index in [4.69, 9.17) is 19.2 Å². The molecule has 0 aliphatic rings. The summed E-state index contributed by atoms with van der Waals surface area (Å²) in [5, 5.41) is 5.08. The predicted molar refractivity (Wildman–Crippen MR) is 119 cm³/mol. The number of nitrogens with zero attached hydrogens (tertiary/aromatic N) is 5. The van der Waals surface area contributed by atoms with Crippen LogP contribution in [0.25, 0.3) is 33.1 Å². The summed E-state index contributed by atoms with van der Waals surface area (Å²) >= 11 is 0. The highest BCUT2D eigenvalue weighted by Gasteiger charge is 2.22. The fourth-order valence-electron chi connectivity index (χ4n) is 4.38. The largest absolute Gasteiger partial charge is 0.496 e. The molecule has 4 aromatic heterocycles. The molecule has 7 nitrogen and oxygen atoms in total. The third-order valence-electron chi connectivity index (χ3n) is 5.82. The smallest absolute Gasteiger partial charge is 0.141 e. The lowest BCUT2D eigenvalue weighted by atomic mass is 10.0. The zero-order valence-electron chi connectivity index (χ0n) is 18.2. The summed E-state index contributed by atoms with van der Waals surface area (Å²) in [4.78, 5) is 14.0. The predicted octanol–water partition coefficient (Wildman–Crippen LogP) is 5.18. The molecule has 5 rings (SSSR count). The van der Waals surface area contributed by atoms with E-state index in [0.717, 1.165) is 61.8 Å². The van der Waals surface area contributed by atoms with Crippen molar-refractivity contribution in [3.8, 4) is 16.9 Å². The number of aromatic nitrogens is 5. The Labute approximate surface area is 179 Å². The van der Waals surface area contributed by atoms with Crippen molar-refractivity contribution >= 4 is 21.9 Å². The number of rotatable bonds is 4. The first-order valence-electron chi connectivity index (χ1n) is 10.2. The van der Waals surface area contributed by atoms with Crippen molar-refractivity contribution in [2.24, 2.45) is 0 Å². The van der Waals surface area contributed by atoms with Crippen molar-refractivity contribution < 1.29 is 9.26 Å². The SMILES string of the molecule is COc1cc2c(cc1-c1c(C)noc1C)ncc1nc(C)n([C@H](C)c3ccccn3)c12. The molecule has 1 aromatic carbocycles. The highest BCUT2D eigenvalue weighted by molar-refractivity contribution is 6.05. The van der Waals surface area contributed by atoms with E-state index in [0.29, 0.717) is 0 Å². The summed E-state index contributed by atoms with van der Waals surface area (Å²) in [6.07, 6.45) is 3.65. The molecule has 0 fully saturated rings. The van der Waals surface area contributed by atoms with Crippen LogP contribution in [0.4, 0.5) is 0 Å². The van der Waals surface area contributed by atoms with Gasteiger partial charge in [-0.05, 0) is 52.0 Å². The number of aryl methyl sites for hydroxylation is 3. The molecular formula is C24H23N5O2. The topological polar surface area (TPSA) is 78.9 Å². The van der Waals surface area contributed by atoms with E-state index in [9.17, 15) is 0 Å². The van der Waals surface area contributed by atoms with Gasteiger partial charge in [0.2, 0.25) is 0 Å². The highest BCUT2D eigenvalue weighted by Crippen LogP contribution is 2.39. The summed E-state index contributed by atoms with van der Waals surface area (Å²) in [7, 11) is 1.68. The molecule has 7 heteroatoms. The van der Waals surface area contributed by atoms with Crippen molar-refractivity contribution in [2.75, 3.05) is 7.11 Å². The van der Waals surface area contributed by atoms with Crippen LogP contribution in [-0.4, -0.2) is 31.8 Å². The second-order valence-corrected chi connectivity index (χ2v) is 7.72. The second-order valence-electron chi connectivity index (χ2n) is 7.72. The van der Waals surface area contributed by atoms with Crippen molar-refractivity contribution in [2.45, 2.75) is 33.7 Å². The van der Waals surface area contributed by atoms with Gasteiger partial charge in [-0.1, -0.05) is 11.2 Å². The maximum atomic E-state index is 5.79. The molecule has 0 radical (unpaired) electrons. The van der Waals surface area contributed by atoms with Crippen LogP contribution in [0.1, 0.15) is 35.9 Å². The number of imidazole rings is 1. The molecule has 0 N–H and O–H groups in total. The third-order valence-corrected chi connectivity index (χ3v) is 5.82. The normalized spacial score (nSPS) is 12.5. The van der Waals surface area contributed by atoms with E-state index in [1.807, 2.05) is 63.5 Å². The monoisotopic (exact) mass is 413 g/mol. The second kappa shape index (κ2) is 7.19. The first kappa shape index (κ1) is 19.2. The Kier molecular flexibility index (Phi) is 4.46. The molecule has 0 unspecified atom stereocenters. The van der Waals surface area contributed by atoms with E-state index in [2.05, 4.69) is 21.6 Å². The Morgan fingerprint density at radius 1 is 1.06 bits per heavy atom. The van der Waals surface area contributed by atoms with Crippen molar-refractivity contribution in [1.29, 1.82) is 0 Å². The fraction of sp³-hybridized carbons (Fsp3) is 0.250. The molecule has 5 aromatic rings. The molecule has 0 aliphatic heterocycles. The molecule has 0 bridgehead atoms. The number of fused-ring (bicyclic) bond motifs is 3. The Hall–Kier alpha value is -3.74. The Balaban J connectivity index is 1.81. The zero-order valence-corrected chi connectivity index (χ0v) is 18.2. The minimum Gasteiger partial charge on any atom is -0.496 e. The number of pyridine rings is 2. The number of hydrogen-bond acceptors (Lipinski definition) is 6. The van der Waals surface area contributed by atoms with Crippen molar-refractivity contribution in [3.05, 3.63) is 65.7 Å². The van der Waals surface area contributed by atoms with Crippen LogP contribution in [0.3, 0.4) is 0 Å². The molecule has 0 aliphatic carbocycles. The molecule has 31 heavy (non-hydrogen) atoms. The summed E-state index contributed by atoms with van der Waals surface area (Å²) in [6.45, 7) is 7.99. The fourth-order valence-corrected chi connectivity index (χ4v) is 4.38. The van der Waals surface area contributed by atoms with Crippen LogP contribution in [-0.2, 0) is 0 Å². The lowest BCUT2D eigenvalue weighted by Gasteiger charge is -2.17. The van der Waals surface area contributed by atoms with Gasteiger partial charge < -0.3 is 13.8 Å². The molecule has 156 valence electrons. The average Bonchev–Trinajstić information content (AvgIpc) is 3.30. The van der Waals surface area contributed by atoms with Gasteiger partial charge in [0.25, 0.3) is 0 Å². The number of hydrogen-bond donors (Lipinski definition) is 0. The average molecular weight is 413 g/mol. The first-order valence-corrected chi connectivity index (χ1v) is 10.2. The van der Waals surface area contributed by atoms with E-state index in [-0.39, 0.29) is 6.04 Å². The van der Waals surface area contributed by atoms with E-state index in [1.165, 1.54) is 0 Å². The molecule has 4 heterocycles. The van der Waals surface area contributed by atoms with Gasteiger partial charge in [-0.3, -0.25) is 9.97 Å². The summed E-state index contributed by atoms with van der Waals surface area (Å²) in [5.41, 5.74) is 6.38. The third kappa shape index (κ3) is 2.96. The summed E-state index contributed by atoms with van der Waals surface area (Å²) in [5.74, 6) is 2.41. The van der Waals surface area contributed by atoms with Crippen LogP contribution in [0.2, 0.25) is 0 Å². The molecule has 1 atom stereocenters. The van der Waals surface area contributed by atoms with Gasteiger partial charge in [0, 0.05) is 17.1 Å². The van der Waals surface area contributed by atoms with Crippen LogP contribution >= 0.6 is 0 Å². The maximum Gasteiger partial charge on any atom is 0.141 e. The van der Waals surface area contributed by atoms with Gasteiger partial charge in [0.15, 0.2) is 0 Å². The number of ether oxygens (including phenoxy) is 1. The zero-order chi connectivity index (χ0) is 21.7. The molecule has 0 spiro atoms. The number of methoxy groups -OCH3 is 1. The van der Waals surface area contributed by atoms with Gasteiger partial charge in [0.1, 0.15) is 22.9 Å². The highest BCUT2D eigenvalue weighted by atomic mass is 16.5. The quantitative estimate of drug-likeness (QED) is 0.404. The van der Waals surface area contributed by atoms with Crippen LogP contribution in [0.15, 0.2) is 47.2 Å². The molecule has 0 saturated heterocycles. The van der Waals surface area contributed by atoms with Gasteiger partial charge in [-0.25, -0.2) is 4.98 Å². The van der Waals surface area contributed by atoms with Gasteiger partial charge >= 0.3 is 0 Å². The Bertz CT molecular complexity index is 1400. The standard InChI is InChI=1S/C24H23N5O2/c1-13-23(15(3)31-28-13)18-10-20-17(11-22(18)30-5)24-21(12-26-20)27-16(4)29(24)14(2)19-8-6-7-9-25-19/h6-12,14H,1-5H3/t14-/m1/s1. The molecule has 0 amide bonds.